The van der Waals surface area contributed by atoms with Crippen LogP contribution in [0.1, 0.15) is 24.0 Å². The Hall–Kier alpha value is -2.68. The number of alkyl halides is 3. The Morgan fingerprint density at radius 2 is 2.13 bits per heavy atom. The lowest BCUT2D eigenvalue weighted by Gasteiger charge is -2.22. The van der Waals surface area contributed by atoms with Gasteiger partial charge in [-0.25, -0.2) is 4.79 Å². The number of hydrogen-bond donors (Lipinski definition) is 2. The van der Waals surface area contributed by atoms with Crippen molar-refractivity contribution in [3.05, 3.63) is 35.4 Å². The first kappa shape index (κ1) is 24.6. The van der Waals surface area contributed by atoms with Gasteiger partial charge in [-0.2, -0.15) is 18.4 Å². The van der Waals surface area contributed by atoms with Crippen LogP contribution in [0.25, 0.3) is 0 Å². The summed E-state index contributed by atoms with van der Waals surface area (Å²) >= 11 is 0. The highest BCUT2D eigenvalue weighted by Gasteiger charge is 2.45. The molecule has 2 saturated heterocycles. The van der Waals surface area contributed by atoms with Crippen LogP contribution in [0.15, 0.2) is 24.3 Å². The van der Waals surface area contributed by atoms with Crippen molar-refractivity contribution in [1.29, 1.82) is 5.26 Å². The van der Waals surface area contributed by atoms with Crippen molar-refractivity contribution in [2.75, 3.05) is 26.8 Å². The minimum atomic E-state index is -5.08. The Balaban J connectivity index is 0.000000423. The molecule has 2 aliphatic rings. The first-order valence-corrected chi connectivity index (χ1v) is 9.61. The molecule has 1 amide bonds. The number of amides is 1. The summed E-state index contributed by atoms with van der Waals surface area (Å²) in [5, 5.41) is 19.0. The normalized spacial score (nSPS) is 22.7. The van der Waals surface area contributed by atoms with Gasteiger partial charge in [-0.05, 0) is 24.1 Å². The van der Waals surface area contributed by atoms with Gasteiger partial charge in [0.1, 0.15) is 6.10 Å². The summed E-state index contributed by atoms with van der Waals surface area (Å²) in [6.45, 7) is 2.77. The number of methoxy groups -OCH3 is 1. The van der Waals surface area contributed by atoms with Crippen LogP contribution in [0.4, 0.5) is 13.2 Å². The number of nitriles is 1. The molecule has 3 atom stereocenters. The molecule has 1 aromatic carbocycles. The van der Waals surface area contributed by atoms with Gasteiger partial charge >= 0.3 is 12.1 Å². The van der Waals surface area contributed by atoms with Crippen LogP contribution < -0.4 is 5.32 Å². The van der Waals surface area contributed by atoms with Gasteiger partial charge in [-0.1, -0.05) is 12.1 Å². The number of benzene rings is 1. The van der Waals surface area contributed by atoms with Gasteiger partial charge in [0.05, 0.1) is 24.3 Å². The fraction of sp³-hybridized carbons (Fsp3) is 0.550. The summed E-state index contributed by atoms with van der Waals surface area (Å²) in [5.74, 6) is -2.81. The van der Waals surface area contributed by atoms with Crippen molar-refractivity contribution in [3.8, 4) is 6.07 Å². The van der Waals surface area contributed by atoms with Crippen molar-refractivity contribution in [2.24, 2.45) is 0 Å². The van der Waals surface area contributed by atoms with E-state index in [2.05, 4.69) is 16.3 Å². The molecule has 0 aromatic heterocycles. The average Bonchev–Trinajstić information content (AvgIpc) is 3.30. The maximum Gasteiger partial charge on any atom is 0.490 e. The van der Waals surface area contributed by atoms with Crippen molar-refractivity contribution in [3.63, 3.8) is 0 Å². The first-order chi connectivity index (χ1) is 14.7. The third-order valence-corrected chi connectivity index (χ3v) is 4.98. The van der Waals surface area contributed by atoms with Gasteiger partial charge in [0.15, 0.2) is 0 Å². The summed E-state index contributed by atoms with van der Waals surface area (Å²) in [6.07, 6.45) is -3.65. The highest BCUT2D eigenvalue weighted by Crippen LogP contribution is 2.34. The Morgan fingerprint density at radius 3 is 2.74 bits per heavy atom. The molecule has 2 fully saturated rings. The van der Waals surface area contributed by atoms with E-state index in [-0.39, 0.29) is 24.2 Å². The van der Waals surface area contributed by atoms with Crippen LogP contribution in [0.3, 0.4) is 0 Å². The highest BCUT2D eigenvalue weighted by molar-refractivity contribution is 5.81. The maximum atomic E-state index is 12.2. The number of carbonyl (C=O) groups is 2. The summed E-state index contributed by atoms with van der Waals surface area (Å²) in [7, 11) is 1.61. The highest BCUT2D eigenvalue weighted by atomic mass is 19.4. The van der Waals surface area contributed by atoms with Crippen LogP contribution in [0, 0.1) is 11.3 Å². The molecule has 3 rings (SSSR count). The molecule has 0 aliphatic carbocycles. The molecule has 2 aliphatic heterocycles. The van der Waals surface area contributed by atoms with E-state index in [0.717, 1.165) is 31.5 Å². The zero-order chi connectivity index (χ0) is 23.0. The number of carbonyl (C=O) groups excluding carboxylic acids is 1. The fourth-order valence-electron chi connectivity index (χ4n) is 3.56. The monoisotopic (exact) mass is 443 g/mol. The van der Waals surface area contributed by atoms with E-state index >= 15 is 0 Å². The molecule has 2 N–H and O–H groups in total. The van der Waals surface area contributed by atoms with Crippen molar-refractivity contribution < 1.29 is 37.3 Å². The number of aliphatic carboxylic acids is 1. The van der Waals surface area contributed by atoms with E-state index in [1.807, 2.05) is 24.3 Å². The Kier molecular flexibility index (Phi) is 8.79. The number of carboxylic acid groups (broad SMARTS) is 1. The van der Waals surface area contributed by atoms with Crippen LogP contribution in [0.5, 0.6) is 0 Å². The number of fused-ring (bicyclic) bond motifs is 1. The summed E-state index contributed by atoms with van der Waals surface area (Å²) in [6, 6.07) is 10.2. The molecule has 8 nitrogen and oxygen atoms in total. The number of ether oxygens (including phenoxy) is 2. The van der Waals surface area contributed by atoms with Crippen LogP contribution >= 0.6 is 0 Å². The molecule has 11 heteroatoms. The molecule has 0 saturated carbocycles. The van der Waals surface area contributed by atoms with E-state index in [0.29, 0.717) is 18.7 Å². The topological polar surface area (TPSA) is 112 Å². The minimum absolute atomic E-state index is 0.0483. The smallest absolute Gasteiger partial charge is 0.475 e. The molecule has 31 heavy (non-hydrogen) atoms. The predicted octanol–water partition coefficient (Wildman–Crippen LogP) is 1.69. The third kappa shape index (κ3) is 7.20. The van der Waals surface area contributed by atoms with Crippen molar-refractivity contribution in [2.45, 2.75) is 43.8 Å². The van der Waals surface area contributed by atoms with Crippen LogP contribution in [0.2, 0.25) is 0 Å². The average molecular weight is 443 g/mol. The maximum absolute atomic E-state index is 12.2. The number of likely N-dealkylation sites (tertiary alicyclic amines) is 1. The number of nitrogens with zero attached hydrogens (tertiary/aromatic N) is 2. The fourth-order valence-corrected chi connectivity index (χ4v) is 3.56. The zero-order valence-corrected chi connectivity index (χ0v) is 16.9. The lowest BCUT2D eigenvalue weighted by atomic mass is 10.1. The van der Waals surface area contributed by atoms with Crippen LogP contribution in [-0.4, -0.2) is 73.1 Å². The van der Waals surface area contributed by atoms with Crippen molar-refractivity contribution >= 4 is 11.9 Å². The number of carboxylic acids is 1. The van der Waals surface area contributed by atoms with Gasteiger partial charge in [-0.3, -0.25) is 9.69 Å². The molecule has 1 aromatic rings. The number of halogens is 3. The largest absolute Gasteiger partial charge is 0.490 e. The molecular formula is C20H24F3N3O5. The van der Waals surface area contributed by atoms with E-state index in [9.17, 15) is 18.0 Å². The van der Waals surface area contributed by atoms with Gasteiger partial charge in [0.2, 0.25) is 5.91 Å². The first-order valence-electron chi connectivity index (χ1n) is 9.61. The lowest BCUT2D eigenvalue weighted by Crippen LogP contribution is -2.37. The molecule has 0 spiro atoms. The quantitative estimate of drug-likeness (QED) is 0.644. The van der Waals surface area contributed by atoms with E-state index in [4.69, 9.17) is 24.6 Å². The second-order valence-electron chi connectivity index (χ2n) is 7.12. The van der Waals surface area contributed by atoms with E-state index < -0.39 is 12.1 Å². The molecule has 0 unspecified atom stereocenters. The second kappa shape index (κ2) is 11.1. The number of nitrogens with one attached hydrogen (secondary N) is 1. The summed E-state index contributed by atoms with van der Waals surface area (Å²) < 4.78 is 42.6. The third-order valence-electron chi connectivity index (χ3n) is 4.98. The van der Waals surface area contributed by atoms with Gasteiger partial charge < -0.3 is 19.9 Å². The number of hydrogen-bond acceptors (Lipinski definition) is 6. The predicted molar refractivity (Wildman–Crippen MR) is 102 cm³/mol. The molecule has 2 heterocycles. The van der Waals surface area contributed by atoms with Crippen molar-refractivity contribution in [1.82, 2.24) is 10.2 Å². The van der Waals surface area contributed by atoms with Gasteiger partial charge in [0.25, 0.3) is 0 Å². The summed E-state index contributed by atoms with van der Waals surface area (Å²) in [5.41, 5.74) is 1.81. The Morgan fingerprint density at radius 1 is 1.42 bits per heavy atom. The van der Waals surface area contributed by atoms with E-state index in [1.165, 1.54) is 0 Å². The molecular weight excluding hydrogens is 419 g/mol. The van der Waals surface area contributed by atoms with Gasteiger partial charge in [0, 0.05) is 39.2 Å². The second-order valence-corrected chi connectivity index (χ2v) is 7.12. The zero-order valence-electron chi connectivity index (χ0n) is 16.9. The number of rotatable bonds is 6. The lowest BCUT2D eigenvalue weighted by molar-refractivity contribution is -0.192. The Bertz CT molecular complexity index is 812. The van der Waals surface area contributed by atoms with Crippen LogP contribution in [-0.2, 0) is 25.6 Å². The van der Waals surface area contributed by atoms with E-state index in [1.54, 1.807) is 7.11 Å². The standard InChI is InChI=1S/C18H23N3O3.C2HF3O2/c1-23-8-6-20-18(22)17-10-15-16(24-17)5-7-21(15)12-14-4-2-3-13(9-14)11-19;3-2(4,5)1(6)7/h2-4,9,15-17H,5-8,10,12H2,1H3,(H,20,22);(H,6,7)/t15-,16-,17+;/m0./s1. The molecule has 0 radical (unpaired) electrons. The minimum Gasteiger partial charge on any atom is -0.475 e. The molecule has 0 bridgehead atoms. The molecule has 170 valence electrons. The van der Waals surface area contributed by atoms with Gasteiger partial charge in [-0.15, -0.1) is 0 Å². The Labute approximate surface area is 177 Å². The summed E-state index contributed by atoms with van der Waals surface area (Å²) in [4.78, 5) is 23.4. The SMILES string of the molecule is COCCNC(=O)[C@H]1C[C@H]2[C@H](CCN2Cc2cccc(C#N)c2)O1.O=C(O)C(F)(F)F.